The van der Waals surface area contributed by atoms with Crippen molar-refractivity contribution in [2.75, 3.05) is 5.75 Å². The fourth-order valence-electron chi connectivity index (χ4n) is 3.78. The summed E-state index contributed by atoms with van der Waals surface area (Å²) >= 11 is 0. The van der Waals surface area contributed by atoms with E-state index in [4.69, 9.17) is 9.73 Å². The number of aromatic nitrogens is 2. The minimum Gasteiger partial charge on any atom is -0.339 e. The van der Waals surface area contributed by atoms with Crippen LogP contribution in [0.15, 0.2) is 4.52 Å². The van der Waals surface area contributed by atoms with Crippen LogP contribution in [0.2, 0.25) is 0 Å². The van der Waals surface area contributed by atoms with Gasteiger partial charge in [0.2, 0.25) is 11.8 Å². The van der Waals surface area contributed by atoms with Gasteiger partial charge >= 0.3 is 0 Å². The summed E-state index contributed by atoms with van der Waals surface area (Å²) in [5.41, 5.74) is 1.64. The highest BCUT2D eigenvalue weighted by Crippen LogP contribution is 2.31. The van der Waals surface area contributed by atoms with E-state index in [0.29, 0.717) is 12.8 Å². The summed E-state index contributed by atoms with van der Waals surface area (Å²) in [7, 11) is -3.26. The van der Waals surface area contributed by atoms with Gasteiger partial charge in [0.25, 0.3) is 0 Å². The van der Waals surface area contributed by atoms with Gasteiger partial charge in [-0.1, -0.05) is 57.0 Å². The zero-order valence-corrected chi connectivity index (χ0v) is 16.8. The molecule has 27 heavy (non-hydrogen) atoms. The minimum atomic E-state index is -3.26. The van der Waals surface area contributed by atoms with Gasteiger partial charge in [-0.3, -0.25) is 10.0 Å². The Bertz CT molecular complexity index is 683. The van der Waals surface area contributed by atoms with Gasteiger partial charge in [0.05, 0.1) is 5.75 Å². The smallest absolute Gasteiger partial charge is 0.244 e. The van der Waals surface area contributed by atoms with Crippen molar-refractivity contribution < 1.29 is 22.9 Å². The molecule has 0 bridgehead atoms. The van der Waals surface area contributed by atoms with E-state index >= 15 is 0 Å². The van der Waals surface area contributed by atoms with E-state index < -0.39 is 15.7 Å². The van der Waals surface area contributed by atoms with Crippen LogP contribution in [0.25, 0.3) is 0 Å². The zero-order valence-electron chi connectivity index (χ0n) is 16.0. The van der Waals surface area contributed by atoms with Crippen molar-refractivity contribution in [3.8, 4) is 0 Å². The first-order valence-corrected chi connectivity index (χ1v) is 11.7. The second-order valence-electron chi connectivity index (χ2n) is 7.51. The van der Waals surface area contributed by atoms with E-state index in [1.165, 1.54) is 32.1 Å². The molecule has 0 radical (unpaired) electrons. The number of carbonyl (C=O) groups is 1. The van der Waals surface area contributed by atoms with E-state index in [9.17, 15) is 13.2 Å². The van der Waals surface area contributed by atoms with Gasteiger partial charge in [-0.15, -0.1) is 0 Å². The summed E-state index contributed by atoms with van der Waals surface area (Å²) in [5.74, 6) is 0.111. The topological polar surface area (TPSA) is 122 Å². The SMILES string of the molecule is CCCS(=O)(=O)Cc1noc([C@@H](CCCC2CCCCC2)CC(=O)NO)n1. The molecular formula is C18H31N3O5S. The highest BCUT2D eigenvalue weighted by Gasteiger charge is 2.24. The van der Waals surface area contributed by atoms with Gasteiger partial charge in [-0.05, 0) is 18.8 Å². The van der Waals surface area contributed by atoms with Gasteiger partial charge in [-0.2, -0.15) is 4.98 Å². The molecule has 2 N–H and O–H groups in total. The van der Waals surface area contributed by atoms with Crippen LogP contribution in [-0.2, 0) is 20.4 Å². The molecule has 1 heterocycles. The molecule has 154 valence electrons. The van der Waals surface area contributed by atoms with Crippen LogP contribution in [0.5, 0.6) is 0 Å². The molecule has 0 spiro atoms. The Kier molecular flexibility index (Phi) is 8.69. The van der Waals surface area contributed by atoms with Gasteiger partial charge in [0, 0.05) is 12.3 Å². The zero-order chi connectivity index (χ0) is 19.7. The summed E-state index contributed by atoms with van der Waals surface area (Å²) in [6.45, 7) is 1.80. The Balaban J connectivity index is 1.97. The highest BCUT2D eigenvalue weighted by molar-refractivity contribution is 7.90. The summed E-state index contributed by atoms with van der Waals surface area (Å²) in [6, 6.07) is 0. The lowest BCUT2D eigenvalue weighted by Gasteiger charge is -2.22. The summed E-state index contributed by atoms with van der Waals surface area (Å²) in [5, 5.41) is 12.6. The lowest BCUT2D eigenvalue weighted by atomic mass is 9.84. The molecule has 1 fully saturated rings. The Morgan fingerprint density at radius 3 is 2.74 bits per heavy atom. The number of nitrogens with one attached hydrogen (secondary N) is 1. The third-order valence-electron chi connectivity index (χ3n) is 5.14. The molecule has 8 nitrogen and oxygen atoms in total. The van der Waals surface area contributed by atoms with E-state index in [1.807, 2.05) is 0 Å². The maximum Gasteiger partial charge on any atom is 0.244 e. The number of nitrogens with zero attached hydrogens (tertiary/aromatic N) is 2. The van der Waals surface area contributed by atoms with Crippen LogP contribution < -0.4 is 5.48 Å². The van der Waals surface area contributed by atoms with E-state index in [2.05, 4.69) is 10.1 Å². The lowest BCUT2D eigenvalue weighted by Crippen LogP contribution is -2.21. The molecule has 0 aromatic carbocycles. The molecule has 2 rings (SSSR count). The van der Waals surface area contributed by atoms with Crippen molar-refractivity contribution in [1.29, 1.82) is 0 Å². The first-order valence-electron chi connectivity index (χ1n) is 9.89. The summed E-state index contributed by atoms with van der Waals surface area (Å²) in [6.07, 6.45) is 9.72. The van der Waals surface area contributed by atoms with Crippen LogP contribution in [0.1, 0.15) is 88.8 Å². The average Bonchev–Trinajstić information content (AvgIpc) is 3.09. The number of sulfone groups is 1. The standard InChI is InChI=1S/C18H31N3O5S/c1-2-11-27(24,25)13-16-19-18(26-21-16)15(12-17(22)20-23)10-6-9-14-7-4-3-5-8-14/h14-15,23H,2-13H2,1H3,(H,20,22)/t15-/m0/s1. The van der Waals surface area contributed by atoms with Crippen LogP contribution in [0.4, 0.5) is 0 Å². The van der Waals surface area contributed by atoms with Gasteiger partial charge in [0.15, 0.2) is 15.7 Å². The number of carbonyl (C=O) groups excluding carboxylic acids is 1. The lowest BCUT2D eigenvalue weighted by molar-refractivity contribution is -0.129. The first kappa shape index (κ1) is 21.8. The predicted molar refractivity (Wildman–Crippen MR) is 99.8 cm³/mol. The molecule has 1 saturated carbocycles. The van der Waals surface area contributed by atoms with E-state index in [0.717, 1.165) is 18.8 Å². The molecule has 1 atom stereocenters. The van der Waals surface area contributed by atoms with Crippen molar-refractivity contribution in [2.45, 2.75) is 82.8 Å². The highest BCUT2D eigenvalue weighted by atomic mass is 32.2. The molecule has 0 aliphatic heterocycles. The quantitative estimate of drug-likeness (QED) is 0.431. The Morgan fingerprint density at radius 2 is 2.07 bits per heavy atom. The fraction of sp³-hybridized carbons (Fsp3) is 0.833. The second-order valence-corrected chi connectivity index (χ2v) is 9.70. The maximum absolute atomic E-state index is 11.9. The van der Waals surface area contributed by atoms with Crippen molar-refractivity contribution in [3.63, 3.8) is 0 Å². The fourth-order valence-corrected chi connectivity index (χ4v) is 5.06. The molecule has 1 aliphatic rings. The van der Waals surface area contributed by atoms with Crippen molar-refractivity contribution in [2.24, 2.45) is 5.92 Å². The third kappa shape index (κ3) is 7.57. The summed E-state index contributed by atoms with van der Waals surface area (Å²) < 4.78 is 29.1. The number of hydroxylamine groups is 1. The molecule has 1 aliphatic carbocycles. The van der Waals surface area contributed by atoms with Gasteiger partial charge in [-0.25, -0.2) is 13.9 Å². The normalized spacial score (nSPS) is 17.0. The molecule has 9 heteroatoms. The van der Waals surface area contributed by atoms with Crippen molar-refractivity contribution >= 4 is 15.7 Å². The van der Waals surface area contributed by atoms with Crippen molar-refractivity contribution in [3.05, 3.63) is 11.7 Å². The first-order chi connectivity index (χ1) is 12.9. The average molecular weight is 402 g/mol. The van der Waals surface area contributed by atoms with Crippen LogP contribution in [-0.4, -0.2) is 35.4 Å². The number of hydrogen-bond donors (Lipinski definition) is 2. The number of amides is 1. The molecule has 1 aromatic rings. The molecule has 1 aromatic heterocycles. The molecular weight excluding hydrogens is 370 g/mol. The van der Waals surface area contributed by atoms with Crippen LogP contribution in [0.3, 0.4) is 0 Å². The predicted octanol–water partition coefficient (Wildman–Crippen LogP) is 3.12. The summed E-state index contributed by atoms with van der Waals surface area (Å²) in [4.78, 5) is 15.8. The largest absolute Gasteiger partial charge is 0.339 e. The third-order valence-corrected chi connectivity index (χ3v) is 6.87. The molecule has 1 amide bonds. The molecule has 0 saturated heterocycles. The molecule has 0 unspecified atom stereocenters. The van der Waals surface area contributed by atoms with Crippen LogP contribution >= 0.6 is 0 Å². The monoisotopic (exact) mass is 401 g/mol. The van der Waals surface area contributed by atoms with Crippen molar-refractivity contribution in [1.82, 2.24) is 15.6 Å². The number of hydrogen-bond acceptors (Lipinski definition) is 7. The Hall–Kier alpha value is -1.48. The number of rotatable bonds is 11. The van der Waals surface area contributed by atoms with E-state index in [1.54, 1.807) is 12.4 Å². The minimum absolute atomic E-state index is 0.0323. The second kappa shape index (κ2) is 10.8. The van der Waals surface area contributed by atoms with Gasteiger partial charge < -0.3 is 4.52 Å². The van der Waals surface area contributed by atoms with E-state index in [-0.39, 0.29) is 35.6 Å². The Labute approximate surface area is 161 Å². The van der Waals surface area contributed by atoms with Crippen LogP contribution in [0, 0.1) is 5.92 Å². The van der Waals surface area contributed by atoms with Gasteiger partial charge in [0.1, 0.15) is 5.75 Å². The maximum atomic E-state index is 11.9. The Morgan fingerprint density at radius 1 is 1.33 bits per heavy atom.